The van der Waals surface area contributed by atoms with Crippen molar-refractivity contribution in [2.24, 2.45) is 0 Å². The Labute approximate surface area is 216 Å². The van der Waals surface area contributed by atoms with E-state index < -0.39 is 26.9 Å². The average molecular weight is 539 g/mol. The minimum absolute atomic E-state index is 0.111. The number of carbonyl (C=O) groups is 2. The summed E-state index contributed by atoms with van der Waals surface area (Å²) in [5.74, 6) is -2.12. The van der Waals surface area contributed by atoms with E-state index in [1.165, 1.54) is 12.3 Å². The van der Waals surface area contributed by atoms with Gasteiger partial charge in [0.25, 0.3) is 0 Å². The van der Waals surface area contributed by atoms with Gasteiger partial charge in [0, 0.05) is 17.8 Å². The molecule has 1 unspecified atom stereocenters. The Bertz CT molecular complexity index is 1550. The molecule has 0 aliphatic heterocycles. The summed E-state index contributed by atoms with van der Waals surface area (Å²) in [6, 6.07) is 16.9. The van der Waals surface area contributed by atoms with Gasteiger partial charge in [-0.1, -0.05) is 36.4 Å². The third-order valence-corrected chi connectivity index (χ3v) is 9.00. The molecule has 0 radical (unpaired) electrons. The van der Waals surface area contributed by atoms with E-state index in [1.807, 2.05) is 0 Å². The number of benzene rings is 2. The van der Waals surface area contributed by atoms with Crippen molar-refractivity contribution in [3.63, 3.8) is 0 Å². The molecule has 2 amide bonds. The molecule has 11 heteroatoms. The van der Waals surface area contributed by atoms with E-state index in [4.69, 9.17) is 0 Å². The number of pyridine rings is 1. The Kier molecular flexibility index (Phi) is 6.98. The molecule has 8 nitrogen and oxygen atoms in total. The lowest BCUT2D eigenvalue weighted by atomic mass is 10.1. The number of hydrogen-bond acceptors (Lipinski definition) is 7. The largest absolute Gasteiger partial charge is 0.352 e. The maximum absolute atomic E-state index is 13.5. The third kappa shape index (κ3) is 6.00. The topological polar surface area (TPSA) is 118 Å². The zero-order valence-electron chi connectivity index (χ0n) is 19.6. The van der Waals surface area contributed by atoms with E-state index in [-0.39, 0.29) is 29.3 Å². The number of nitrogens with zero attached hydrogens (tertiary/aromatic N) is 2. The van der Waals surface area contributed by atoms with Crippen molar-refractivity contribution in [3.05, 3.63) is 83.4 Å². The number of fused-ring (bicyclic) bond motifs is 1. The van der Waals surface area contributed by atoms with Crippen molar-refractivity contribution < 1.29 is 22.4 Å². The van der Waals surface area contributed by atoms with Crippen LogP contribution in [0, 0.1) is 5.95 Å². The molecule has 5 rings (SSSR count). The number of sulfone groups is 1. The van der Waals surface area contributed by atoms with Gasteiger partial charge in [-0.25, -0.2) is 18.4 Å². The molecule has 2 N–H and O–H groups in total. The lowest BCUT2D eigenvalue weighted by Gasteiger charge is -2.16. The first-order valence-corrected chi connectivity index (χ1v) is 14.2. The fraction of sp³-hybridized carbons (Fsp3) is 0.231. The summed E-state index contributed by atoms with van der Waals surface area (Å²) in [7, 11) is -4.05. The first-order valence-electron chi connectivity index (χ1n) is 11.6. The summed E-state index contributed by atoms with van der Waals surface area (Å²) in [6.07, 6.45) is 3.20. The van der Waals surface area contributed by atoms with Crippen LogP contribution in [0.1, 0.15) is 28.7 Å². The normalized spacial score (nSPS) is 14.3. The number of carbonyl (C=O) groups excluding carboxylic acids is 2. The minimum Gasteiger partial charge on any atom is -0.352 e. The third-order valence-electron chi connectivity index (χ3n) is 5.86. The van der Waals surface area contributed by atoms with E-state index >= 15 is 0 Å². The van der Waals surface area contributed by atoms with Crippen molar-refractivity contribution in [2.45, 2.75) is 29.9 Å². The molecule has 2 heterocycles. The first kappa shape index (κ1) is 25.0. The molecular formula is C26H23FN4O4S2. The van der Waals surface area contributed by atoms with Gasteiger partial charge >= 0.3 is 0 Å². The number of halogens is 1. The highest BCUT2D eigenvalue weighted by Gasteiger charge is 2.37. The predicted molar refractivity (Wildman–Crippen MR) is 139 cm³/mol. The molecule has 0 bridgehead atoms. The molecule has 2 aromatic heterocycles. The lowest BCUT2D eigenvalue weighted by molar-refractivity contribution is -0.126. The van der Waals surface area contributed by atoms with Gasteiger partial charge in [0.05, 0.1) is 22.5 Å². The molecule has 2 aromatic carbocycles. The van der Waals surface area contributed by atoms with Crippen LogP contribution in [0.4, 0.5) is 4.39 Å². The summed E-state index contributed by atoms with van der Waals surface area (Å²) in [5, 5.41) is 3.78. The van der Waals surface area contributed by atoms with Crippen LogP contribution in [0.25, 0.3) is 21.3 Å². The average Bonchev–Trinajstić information content (AvgIpc) is 3.59. The Hall–Kier alpha value is -3.70. The molecule has 4 aromatic rings. The van der Waals surface area contributed by atoms with Crippen molar-refractivity contribution in [3.8, 4) is 11.1 Å². The lowest BCUT2D eigenvalue weighted by Crippen LogP contribution is -2.41. The monoisotopic (exact) mass is 538 g/mol. The molecule has 0 spiro atoms. The second kappa shape index (κ2) is 10.3. The fourth-order valence-electron chi connectivity index (χ4n) is 3.87. The molecular weight excluding hydrogens is 515 g/mol. The fourth-order valence-corrected chi connectivity index (χ4v) is 6.97. The maximum atomic E-state index is 13.5. The Morgan fingerprint density at radius 2 is 1.81 bits per heavy atom. The van der Waals surface area contributed by atoms with Crippen LogP contribution in [0.5, 0.6) is 0 Å². The first-order chi connectivity index (χ1) is 17.8. The van der Waals surface area contributed by atoms with E-state index in [0.29, 0.717) is 21.3 Å². The zero-order chi connectivity index (χ0) is 26.0. The number of rotatable bonds is 9. The van der Waals surface area contributed by atoms with Crippen LogP contribution < -0.4 is 10.6 Å². The predicted octanol–water partition coefficient (Wildman–Crippen LogP) is 3.55. The summed E-state index contributed by atoms with van der Waals surface area (Å²) in [5.41, 5.74) is 2.44. The van der Waals surface area contributed by atoms with Crippen molar-refractivity contribution >= 4 is 43.2 Å². The van der Waals surface area contributed by atoms with Crippen LogP contribution in [0.15, 0.2) is 66.9 Å². The van der Waals surface area contributed by atoms with Crippen LogP contribution in [-0.2, 0) is 25.2 Å². The van der Waals surface area contributed by atoms with E-state index in [2.05, 4.69) is 20.6 Å². The van der Waals surface area contributed by atoms with Gasteiger partial charge in [0.1, 0.15) is 5.01 Å². The Morgan fingerprint density at radius 3 is 2.51 bits per heavy atom. The van der Waals surface area contributed by atoms with Gasteiger partial charge < -0.3 is 10.6 Å². The Morgan fingerprint density at radius 1 is 1.05 bits per heavy atom. The number of aromatic nitrogens is 2. The molecule has 1 atom stereocenters. The smallest absolute Gasteiger partial charge is 0.245 e. The molecule has 1 fully saturated rings. The minimum atomic E-state index is -4.05. The van der Waals surface area contributed by atoms with Gasteiger partial charge in [0.15, 0.2) is 15.1 Å². The number of amides is 2. The van der Waals surface area contributed by atoms with Crippen molar-refractivity contribution in [1.82, 2.24) is 20.6 Å². The second-order valence-corrected chi connectivity index (χ2v) is 12.0. The van der Waals surface area contributed by atoms with Gasteiger partial charge in [-0.15, -0.1) is 11.3 Å². The second-order valence-electron chi connectivity index (χ2n) is 8.84. The molecule has 1 aliphatic carbocycles. The number of hydrogen-bond donors (Lipinski definition) is 2. The van der Waals surface area contributed by atoms with Crippen LogP contribution in [0.3, 0.4) is 0 Å². The van der Waals surface area contributed by atoms with Crippen LogP contribution in [-0.4, -0.2) is 42.8 Å². The maximum Gasteiger partial charge on any atom is 0.245 e. The summed E-state index contributed by atoms with van der Waals surface area (Å²) in [4.78, 5) is 33.5. The van der Waals surface area contributed by atoms with Gasteiger partial charge in [-0.3, -0.25) is 9.59 Å². The van der Waals surface area contributed by atoms with E-state index in [1.54, 1.807) is 54.6 Å². The van der Waals surface area contributed by atoms with Gasteiger partial charge in [-0.2, -0.15) is 4.39 Å². The number of nitrogens with one attached hydrogen (secondary N) is 2. The van der Waals surface area contributed by atoms with Crippen LogP contribution in [0.2, 0.25) is 0 Å². The zero-order valence-corrected chi connectivity index (χ0v) is 21.2. The molecule has 190 valence electrons. The molecule has 0 saturated heterocycles. The highest BCUT2D eigenvalue weighted by atomic mass is 32.2. The summed E-state index contributed by atoms with van der Waals surface area (Å²) >= 11 is 1.11. The van der Waals surface area contributed by atoms with E-state index in [0.717, 1.165) is 29.7 Å². The molecule has 1 saturated carbocycles. The Balaban J connectivity index is 1.46. The molecule has 37 heavy (non-hydrogen) atoms. The van der Waals surface area contributed by atoms with Gasteiger partial charge in [0.2, 0.25) is 17.8 Å². The SMILES string of the molecule is O=C(CNC(=O)C(c1nc2cc(-c3ccc(F)nc3)ccc2s1)S(=O)(=O)Cc1ccccc1)NC1CC1. The summed E-state index contributed by atoms with van der Waals surface area (Å²) in [6.45, 7) is -0.320. The van der Waals surface area contributed by atoms with E-state index in [9.17, 15) is 22.4 Å². The molecule has 1 aliphatic rings. The highest BCUT2D eigenvalue weighted by molar-refractivity contribution is 7.91. The quantitative estimate of drug-likeness (QED) is 0.315. The van der Waals surface area contributed by atoms with Crippen molar-refractivity contribution in [2.75, 3.05) is 6.54 Å². The summed E-state index contributed by atoms with van der Waals surface area (Å²) < 4.78 is 41.0. The van der Waals surface area contributed by atoms with Crippen LogP contribution >= 0.6 is 11.3 Å². The van der Waals surface area contributed by atoms with Gasteiger partial charge in [-0.05, 0) is 48.2 Å². The standard InChI is InChI=1S/C26H23FN4O4S2/c27-22-11-7-18(13-28-22)17-6-10-21-20(12-17)31-26(36-21)24(25(33)29-14-23(32)30-19-8-9-19)37(34,35)15-16-4-2-1-3-5-16/h1-7,10-13,19,24H,8-9,14-15H2,(H,29,33)(H,30,32). The number of thiazole rings is 1. The highest BCUT2D eigenvalue weighted by Crippen LogP contribution is 2.34. The van der Waals surface area contributed by atoms with Crippen molar-refractivity contribution in [1.29, 1.82) is 0 Å².